The second-order valence-electron chi connectivity index (χ2n) is 2.83. The van der Waals surface area contributed by atoms with E-state index in [9.17, 15) is 8.42 Å². The molecule has 0 amide bonds. The minimum Gasteiger partial charge on any atom is -0.309 e. The quantitative estimate of drug-likeness (QED) is 0.408. The van der Waals surface area contributed by atoms with Crippen LogP contribution < -0.4 is 0 Å². The highest BCUT2D eigenvalue weighted by molar-refractivity contribution is 8.49. The highest BCUT2D eigenvalue weighted by Crippen LogP contribution is 2.28. The average Bonchev–Trinajstić information content (AvgIpc) is 1.93. The summed E-state index contributed by atoms with van der Waals surface area (Å²) >= 11 is 1.73. The first-order chi connectivity index (χ1) is 5.92. The van der Waals surface area contributed by atoms with Crippen LogP contribution in [0.4, 0.5) is 0 Å². The van der Waals surface area contributed by atoms with Crippen molar-refractivity contribution in [1.82, 2.24) is 4.90 Å². The summed E-state index contributed by atoms with van der Waals surface area (Å²) in [6.45, 7) is 1.00. The van der Waals surface area contributed by atoms with Gasteiger partial charge in [0, 0.05) is 12.3 Å². The normalized spacial score (nSPS) is 13.2. The summed E-state index contributed by atoms with van der Waals surface area (Å²) in [6, 6.07) is 0. The molecule has 0 spiro atoms. The van der Waals surface area contributed by atoms with E-state index in [1.165, 1.54) is 0 Å². The zero-order valence-corrected chi connectivity index (χ0v) is 10.5. The Morgan fingerprint density at radius 3 is 2.54 bits per heavy atom. The van der Waals surface area contributed by atoms with Crippen LogP contribution >= 0.6 is 19.2 Å². The fourth-order valence-electron chi connectivity index (χ4n) is 0.543. The van der Waals surface area contributed by atoms with Crippen molar-refractivity contribution in [2.45, 2.75) is 0 Å². The average molecular weight is 245 g/mol. The smallest absolute Gasteiger partial charge is 0.265 e. The van der Waals surface area contributed by atoms with Gasteiger partial charge in [-0.05, 0) is 20.3 Å². The van der Waals surface area contributed by atoms with Gasteiger partial charge in [0.25, 0.3) is 10.1 Å². The largest absolute Gasteiger partial charge is 0.309 e. The maximum atomic E-state index is 10.3. The molecular weight excluding hydrogens is 229 g/mol. The predicted molar refractivity (Wildman–Crippen MR) is 60.6 cm³/mol. The van der Waals surface area contributed by atoms with Gasteiger partial charge in [-0.1, -0.05) is 7.78 Å². The third kappa shape index (κ3) is 12.6. The summed E-state index contributed by atoms with van der Waals surface area (Å²) in [7, 11) is 0.815. The van der Waals surface area contributed by atoms with Gasteiger partial charge in [0.05, 0.1) is 5.75 Å². The van der Waals surface area contributed by atoms with Crippen LogP contribution in [0.15, 0.2) is 0 Å². The summed E-state index contributed by atoms with van der Waals surface area (Å²) in [5.74, 6) is 0.900. The molecule has 1 atom stereocenters. The van der Waals surface area contributed by atoms with Gasteiger partial charge in [-0.15, -0.1) is 11.4 Å². The van der Waals surface area contributed by atoms with Gasteiger partial charge in [-0.2, -0.15) is 8.42 Å². The van der Waals surface area contributed by atoms with Gasteiger partial charge >= 0.3 is 0 Å². The molecule has 0 aliphatic carbocycles. The molecule has 0 aliphatic heterocycles. The number of rotatable bonds is 7. The first-order valence-electron chi connectivity index (χ1n) is 3.86. The Labute approximate surface area is 85.7 Å². The SMILES string of the molecule is CN(C)CCSPCCS(=O)(=O)O. The fourth-order valence-corrected chi connectivity index (χ4v) is 4.54. The van der Waals surface area contributed by atoms with Crippen molar-refractivity contribution in [2.24, 2.45) is 0 Å². The summed E-state index contributed by atoms with van der Waals surface area (Å²) in [4.78, 5) is 2.08. The van der Waals surface area contributed by atoms with Crippen LogP contribution in [0.5, 0.6) is 0 Å². The molecule has 1 unspecified atom stereocenters. The Kier molecular flexibility index (Phi) is 7.36. The van der Waals surface area contributed by atoms with Crippen LogP contribution in [-0.2, 0) is 10.1 Å². The molecule has 0 aromatic carbocycles. The molecule has 0 saturated carbocycles. The van der Waals surface area contributed by atoms with Crippen LogP contribution in [-0.4, -0.2) is 56.2 Å². The van der Waals surface area contributed by atoms with E-state index in [0.717, 1.165) is 12.3 Å². The van der Waals surface area contributed by atoms with E-state index in [0.29, 0.717) is 13.9 Å². The lowest BCUT2D eigenvalue weighted by molar-refractivity contribution is 0.438. The lowest BCUT2D eigenvalue weighted by Crippen LogP contribution is -2.14. The molecule has 7 heteroatoms. The third-order valence-corrected chi connectivity index (χ3v) is 5.17. The molecule has 0 fully saturated rings. The lowest BCUT2D eigenvalue weighted by atomic mass is 10.7. The molecule has 1 N–H and O–H groups in total. The van der Waals surface area contributed by atoms with Crippen molar-refractivity contribution in [3.05, 3.63) is 0 Å². The zero-order valence-electron chi connectivity index (χ0n) is 7.86. The molecule has 13 heavy (non-hydrogen) atoms. The zero-order chi connectivity index (χ0) is 10.3. The van der Waals surface area contributed by atoms with Crippen LogP contribution in [0.25, 0.3) is 0 Å². The van der Waals surface area contributed by atoms with E-state index in [2.05, 4.69) is 4.90 Å². The number of hydrogen-bond acceptors (Lipinski definition) is 4. The van der Waals surface area contributed by atoms with Crippen LogP contribution in [0.1, 0.15) is 0 Å². The molecule has 0 radical (unpaired) electrons. The van der Waals surface area contributed by atoms with Crippen molar-refractivity contribution in [3.8, 4) is 0 Å². The molecule has 0 aromatic rings. The number of hydrogen-bond donors (Lipinski definition) is 1. The summed E-state index contributed by atoms with van der Waals surface area (Å²) in [6.07, 6.45) is 0.553. The van der Waals surface area contributed by atoms with Gasteiger partial charge in [-0.3, -0.25) is 4.55 Å². The minimum atomic E-state index is -3.74. The third-order valence-electron chi connectivity index (χ3n) is 1.20. The monoisotopic (exact) mass is 245 g/mol. The standard InChI is InChI=1S/C6H16NO3PS2/c1-7(2)3-5-12-11-4-6-13(8,9)10/h11H,3-6H2,1-2H3,(H,8,9,10). The van der Waals surface area contributed by atoms with E-state index in [1.807, 2.05) is 14.1 Å². The summed E-state index contributed by atoms with van der Waals surface area (Å²) in [5, 5.41) is 0. The second kappa shape index (κ2) is 7.01. The van der Waals surface area contributed by atoms with Gasteiger partial charge < -0.3 is 4.90 Å². The van der Waals surface area contributed by atoms with Crippen molar-refractivity contribution in [1.29, 1.82) is 0 Å². The lowest BCUT2D eigenvalue weighted by Gasteiger charge is -2.07. The molecule has 0 saturated heterocycles. The van der Waals surface area contributed by atoms with Crippen molar-refractivity contribution >= 4 is 29.3 Å². The van der Waals surface area contributed by atoms with E-state index >= 15 is 0 Å². The topological polar surface area (TPSA) is 57.6 Å². The predicted octanol–water partition coefficient (Wildman–Crippen LogP) is 0.762. The number of nitrogens with zero attached hydrogens (tertiary/aromatic N) is 1. The molecule has 80 valence electrons. The molecule has 0 aromatic heterocycles. The molecule has 0 heterocycles. The Morgan fingerprint density at radius 2 is 2.08 bits per heavy atom. The molecule has 4 nitrogen and oxygen atoms in total. The Morgan fingerprint density at radius 1 is 1.46 bits per heavy atom. The summed E-state index contributed by atoms with van der Waals surface area (Å²) < 4.78 is 29.1. The van der Waals surface area contributed by atoms with Gasteiger partial charge in [0.1, 0.15) is 0 Å². The molecule has 0 bridgehead atoms. The Balaban J connectivity index is 3.18. The highest BCUT2D eigenvalue weighted by atomic mass is 32.7. The highest BCUT2D eigenvalue weighted by Gasteiger charge is 2.02. The van der Waals surface area contributed by atoms with E-state index in [4.69, 9.17) is 4.55 Å². The van der Waals surface area contributed by atoms with Crippen LogP contribution in [0, 0.1) is 0 Å². The Hall–Kier alpha value is 0.650. The van der Waals surface area contributed by atoms with Crippen molar-refractivity contribution in [2.75, 3.05) is 38.3 Å². The van der Waals surface area contributed by atoms with Gasteiger partial charge in [0.15, 0.2) is 0 Å². The maximum Gasteiger partial charge on any atom is 0.265 e. The van der Waals surface area contributed by atoms with E-state index < -0.39 is 10.1 Å². The van der Waals surface area contributed by atoms with Crippen LogP contribution in [0.3, 0.4) is 0 Å². The first-order valence-corrected chi connectivity index (χ1v) is 8.39. The first kappa shape index (κ1) is 13.7. The summed E-state index contributed by atoms with van der Waals surface area (Å²) in [5.41, 5.74) is 0. The van der Waals surface area contributed by atoms with Crippen molar-refractivity contribution in [3.63, 3.8) is 0 Å². The molecular formula is C6H16NO3PS2. The molecule has 0 aliphatic rings. The van der Waals surface area contributed by atoms with Crippen molar-refractivity contribution < 1.29 is 13.0 Å². The minimum absolute atomic E-state index is 0.111. The van der Waals surface area contributed by atoms with E-state index in [1.54, 1.807) is 11.4 Å². The Bertz CT molecular complexity index is 218. The van der Waals surface area contributed by atoms with E-state index in [-0.39, 0.29) is 5.75 Å². The molecule has 0 rings (SSSR count). The van der Waals surface area contributed by atoms with Gasteiger partial charge in [0.2, 0.25) is 0 Å². The second-order valence-corrected chi connectivity index (χ2v) is 7.62. The maximum absolute atomic E-state index is 10.3. The van der Waals surface area contributed by atoms with Gasteiger partial charge in [-0.25, -0.2) is 0 Å². The van der Waals surface area contributed by atoms with Crippen LogP contribution in [0.2, 0.25) is 0 Å². The fraction of sp³-hybridized carbons (Fsp3) is 1.00.